The molecule has 1 heterocycles. The van der Waals surface area contributed by atoms with Gasteiger partial charge in [0.15, 0.2) is 0 Å². The van der Waals surface area contributed by atoms with Crippen LogP contribution in [0.3, 0.4) is 0 Å². The summed E-state index contributed by atoms with van der Waals surface area (Å²) in [6.07, 6.45) is 0. The van der Waals surface area contributed by atoms with Gasteiger partial charge in [0.25, 0.3) is 0 Å². The van der Waals surface area contributed by atoms with E-state index in [1.807, 2.05) is 0 Å². The fourth-order valence-corrected chi connectivity index (χ4v) is 2.44. The van der Waals surface area contributed by atoms with Gasteiger partial charge in [0.1, 0.15) is 0 Å². The summed E-state index contributed by atoms with van der Waals surface area (Å²) < 4.78 is 2.34. The Kier molecular flexibility index (Phi) is 2.25. The number of allylic oxidation sites excluding steroid dienone is 1. The van der Waals surface area contributed by atoms with Crippen LogP contribution in [-0.4, -0.2) is 4.57 Å². The van der Waals surface area contributed by atoms with E-state index in [4.69, 9.17) is 0 Å². The predicted octanol–water partition coefficient (Wildman–Crippen LogP) is 4.37. The first-order valence-electron chi connectivity index (χ1n) is 5.88. The third kappa shape index (κ3) is 1.55. The van der Waals surface area contributed by atoms with Crippen LogP contribution in [0.2, 0.25) is 0 Å². The van der Waals surface area contributed by atoms with Crippen LogP contribution in [0.1, 0.15) is 6.92 Å². The SMILES string of the molecule is C=C(C)Cn1c2ccccc2c2ccccc21. The van der Waals surface area contributed by atoms with E-state index in [1.165, 1.54) is 27.4 Å². The summed E-state index contributed by atoms with van der Waals surface area (Å²) in [4.78, 5) is 0. The summed E-state index contributed by atoms with van der Waals surface area (Å²) in [5.74, 6) is 0. The minimum atomic E-state index is 0.883. The molecule has 0 spiro atoms. The van der Waals surface area contributed by atoms with E-state index >= 15 is 0 Å². The van der Waals surface area contributed by atoms with Crippen LogP contribution in [0.25, 0.3) is 21.8 Å². The van der Waals surface area contributed by atoms with Gasteiger partial charge in [-0.3, -0.25) is 0 Å². The highest BCUT2D eigenvalue weighted by Crippen LogP contribution is 2.28. The van der Waals surface area contributed by atoms with Crippen LogP contribution in [0.4, 0.5) is 0 Å². The molecule has 0 aliphatic carbocycles. The number of hydrogen-bond acceptors (Lipinski definition) is 0. The molecule has 0 aliphatic rings. The third-order valence-electron chi connectivity index (χ3n) is 3.11. The van der Waals surface area contributed by atoms with Crippen molar-refractivity contribution >= 4 is 21.8 Å². The molecule has 0 saturated heterocycles. The minimum Gasteiger partial charge on any atom is -0.336 e. The lowest BCUT2D eigenvalue weighted by atomic mass is 10.2. The highest BCUT2D eigenvalue weighted by atomic mass is 15.0. The van der Waals surface area contributed by atoms with E-state index in [2.05, 4.69) is 66.6 Å². The molecule has 0 unspecified atom stereocenters. The van der Waals surface area contributed by atoms with E-state index < -0.39 is 0 Å². The van der Waals surface area contributed by atoms with Gasteiger partial charge in [-0.2, -0.15) is 0 Å². The normalized spacial score (nSPS) is 11.1. The molecule has 1 nitrogen and oxygen atoms in total. The first-order chi connectivity index (χ1) is 8.27. The van der Waals surface area contributed by atoms with Crippen molar-refractivity contribution in [2.75, 3.05) is 0 Å². The van der Waals surface area contributed by atoms with Crippen molar-refractivity contribution in [3.8, 4) is 0 Å². The van der Waals surface area contributed by atoms with E-state index in [9.17, 15) is 0 Å². The van der Waals surface area contributed by atoms with E-state index in [0.717, 1.165) is 6.54 Å². The number of nitrogens with zero attached hydrogens (tertiary/aromatic N) is 1. The first-order valence-corrected chi connectivity index (χ1v) is 5.88. The van der Waals surface area contributed by atoms with Gasteiger partial charge >= 0.3 is 0 Å². The second-order valence-corrected chi connectivity index (χ2v) is 4.58. The zero-order valence-electron chi connectivity index (χ0n) is 9.98. The molecule has 84 valence electrons. The lowest BCUT2D eigenvalue weighted by molar-refractivity contribution is 0.853. The standard InChI is InChI=1S/C16H15N/c1-12(2)11-17-15-9-5-3-7-13(15)14-8-4-6-10-16(14)17/h3-10H,1,11H2,2H3. The van der Waals surface area contributed by atoms with Gasteiger partial charge < -0.3 is 4.57 Å². The predicted molar refractivity (Wildman–Crippen MR) is 74.3 cm³/mol. The number of rotatable bonds is 2. The van der Waals surface area contributed by atoms with E-state index in [-0.39, 0.29) is 0 Å². The molecule has 2 aromatic carbocycles. The molecule has 17 heavy (non-hydrogen) atoms. The van der Waals surface area contributed by atoms with Crippen molar-refractivity contribution in [3.63, 3.8) is 0 Å². The topological polar surface area (TPSA) is 4.93 Å². The van der Waals surface area contributed by atoms with Gasteiger partial charge in [-0.05, 0) is 19.1 Å². The Morgan fingerprint density at radius 3 is 1.88 bits per heavy atom. The summed E-state index contributed by atoms with van der Waals surface area (Å²) in [5, 5.41) is 2.65. The van der Waals surface area contributed by atoms with Crippen LogP contribution in [0, 0.1) is 0 Å². The van der Waals surface area contributed by atoms with Crippen LogP contribution in [-0.2, 0) is 6.54 Å². The molecule has 1 aromatic heterocycles. The molecule has 0 amide bonds. The molecule has 0 radical (unpaired) electrons. The Bertz CT molecular complexity index is 650. The average Bonchev–Trinajstić information content (AvgIpc) is 2.65. The fourth-order valence-electron chi connectivity index (χ4n) is 2.44. The molecule has 0 bridgehead atoms. The molecular formula is C16H15N. The summed E-state index contributed by atoms with van der Waals surface area (Å²) in [6, 6.07) is 17.1. The average molecular weight is 221 g/mol. The summed E-state index contributed by atoms with van der Waals surface area (Å²) in [5.41, 5.74) is 3.75. The second kappa shape index (κ2) is 3.77. The maximum atomic E-state index is 4.02. The van der Waals surface area contributed by atoms with Crippen molar-refractivity contribution in [1.29, 1.82) is 0 Å². The highest BCUT2D eigenvalue weighted by Gasteiger charge is 2.08. The second-order valence-electron chi connectivity index (χ2n) is 4.58. The Labute approximate surface area is 101 Å². The van der Waals surface area contributed by atoms with Gasteiger partial charge in [-0.25, -0.2) is 0 Å². The fraction of sp³-hybridized carbons (Fsp3) is 0.125. The third-order valence-corrected chi connectivity index (χ3v) is 3.11. The monoisotopic (exact) mass is 221 g/mol. The molecule has 1 heteroatoms. The van der Waals surface area contributed by atoms with Gasteiger partial charge in [-0.15, -0.1) is 0 Å². The smallest absolute Gasteiger partial charge is 0.0494 e. The van der Waals surface area contributed by atoms with Crippen LogP contribution in [0.15, 0.2) is 60.7 Å². The molecule has 0 N–H and O–H groups in total. The van der Waals surface area contributed by atoms with Gasteiger partial charge in [0, 0.05) is 28.4 Å². The van der Waals surface area contributed by atoms with E-state index in [0.29, 0.717) is 0 Å². The first kappa shape index (κ1) is 10.2. The largest absolute Gasteiger partial charge is 0.336 e. The Balaban J connectivity index is 2.45. The number of benzene rings is 2. The zero-order valence-corrected chi connectivity index (χ0v) is 9.98. The van der Waals surface area contributed by atoms with Crippen molar-refractivity contribution < 1.29 is 0 Å². The summed E-state index contributed by atoms with van der Waals surface area (Å²) in [6.45, 7) is 6.98. The number of hydrogen-bond donors (Lipinski definition) is 0. The van der Waals surface area contributed by atoms with Crippen molar-refractivity contribution in [1.82, 2.24) is 4.57 Å². The highest BCUT2D eigenvalue weighted by molar-refractivity contribution is 6.07. The van der Waals surface area contributed by atoms with Gasteiger partial charge in [0.2, 0.25) is 0 Å². The van der Waals surface area contributed by atoms with Crippen molar-refractivity contribution in [3.05, 3.63) is 60.7 Å². The summed E-state index contributed by atoms with van der Waals surface area (Å²) >= 11 is 0. The Hall–Kier alpha value is -2.02. The number of fused-ring (bicyclic) bond motifs is 3. The Morgan fingerprint density at radius 2 is 1.41 bits per heavy atom. The van der Waals surface area contributed by atoms with E-state index in [1.54, 1.807) is 0 Å². The van der Waals surface area contributed by atoms with Crippen LogP contribution < -0.4 is 0 Å². The van der Waals surface area contributed by atoms with Crippen LogP contribution in [0.5, 0.6) is 0 Å². The number of aromatic nitrogens is 1. The van der Waals surface area contributed by atoms with Crippen molar-refractivity contribution in [2.24, 2.45) is 0 Å². The molecule has 0 fully saturated rings. The molecule has 3 rings (SSSR count). The van der Waals surface area contributed by atoms with Gasteiger partial charge in [0.05, 0.1) is 0 Å². The quantitative estimate of drug-likeness (QED) is 0.566. The molecule has 0 saturated carbocycles. The number of para-hydroxylation sites is 2. The van der Waals surface area contributed by atoms with Crippen molar-refractivity contribution in [2.45, 2.75) is 13.5 Å². The molecule has 3 aromatic rings. The maximum Gasteiger partial charge on any atom is 0.0494 e. The summed E-state index contributed by atoms with van der Waals surface area (Å²) in [7, 11) is 0. The lowest BCUT2D eigenvalue weighted by Gasteiger charge is -2.06. The zero-order chi connectivity index (χ0) is 11.8. The molecule has 0 aliphatic heterocycles. The molecule has 0 atom stereocenters. The minimum absolute atomic E-state index is 0.883. The Morgan fingerprint density at radius 1 is 0.941 bits per heavy atom. The lowest BCUT2D eigenvalue weighted by Crippen LogP contribution is -1.97. The molecular weight excluding hydrogens is 206 g/mol. The van der Waals surface area contributed by atoms with Crippen LogP contribution >= 0.6 is 0 Å². The van der Waals surface area contributed by atoms with Gasteiger partial charge in [-0.1, -0.05) is 48.6 Å². The maximum absolute atomic E-state index is 4.02.